The number of carboxylic acid groups (broad SMARTS) is 1. The Morgan fingerprint density at radius 2 is 1.71 bits per heavy atom. The largest absolute Gasteiger partial charge is 0.473 e. The average Bonchev–Trinajstić information content (AvgIpc) is 2.42. The fraction of sp³-hybridized carbons (Fsp3) is 0.357. The van der Waals surface area contributed by atoms with E-state index in [0.717, 1.165) is 19.3 Å². The quantitative estimate of drug-likeness (QED) is 0.282. The summed E-state index contributed by atoms with van der Waals surface area (Å²) in [5.41, 5.74) is 0.302. The first kappa shape index (κ1) is 17.5. The predicted octanol–water partition coefficient (Wildman–Crippen LogP) is 3.75. The molecule has 114 valence electrons. The maximum absolute atomic E-state index is 11.9. The minimum absolute atomic E-state index is 0.0871. The molecule has 0 radical (unpaired) electrons. The fourth-order valence-corrected chi connectivity index (χ4v) is 2.20. The average molecular weight is 333 g/mol. The van der Waals surface area contributed by atoms with E-state index in [2.05, 4.69) is 4.74 Å². The summed E-state index contributed by atoms with van der Waals surface area (Å²) in [6.45, 7) is 2.03. The Morgan fingerprint density at radius 1 is 1.14 bits per heavy atom. The Kier molecular flexibility index (Phi) is 6.65. The number of aliphatic carboxylic acids is 1. The van der Waals surface area contributed by atoms with Gasteiger partial charge in [0.05, 0.1) is 10.0 Å². The highest BCUT2D eigenvalue weighted by Gasteiger charge is 2.20. The summed E-state index contributed by atoms with van der Waals surface area (Å²) >= 11 is 11.8. The van der Waals surface area contributed by atoms with Gasteiger partial charge in [-0.05, 0) is 18.6 Å². The number of ketones is 1. The second kappa shape index (κ2) is 8.00. The van der Waals surface area contributed by atoms with Crippen molar-refractivity contribution in [1.29, 1.82) is 0 Å². The normalized spacial score (nSPS) is 10.2. The number of benzene rings is 1. The Hall–Kier alpha value is -1.59. The number of hydrogen-bond acceptors (Lipinski definition) is 4. The number of halogens is 2. The molecule has 0 amide bonds. The molecule has 1 aromatic rings. The van der Waals surface area contributed by atoms with Gasteiger partial charge < -0.3 is 9.84 Å². The molecule has 5 nitrogen and oxygen atoms in total. The number of esters is 1. The van der Waals surface area contributed by atoms with Crippen molar-refractivity contribution >= 4 is 40.9 Å². The van der Waals surface area contributed by atoms with Crippen LogP contribution >= 0.6 is 23.2 Å². The molecule has 7 heteroatoms. The summed E-state index contributed by atoms with van der Waals surface area (Å²) in [6.07, 6.45) is 3.08. The van der Waals surface area contributed by atoms with Gasteiger partial charge in [-0.15, -0.1) is 0 Å². The van der Waals surface area contributed by atoms with Crippen molar-refractivity contribution in [2.24, 2.45) is 0 Å². The number of hydrogen-bond donors (Lipinski definition) is 1. The lowest BCUT2D eigenvalue weighted by atomic mass is 10.0. The fourth-order valence-electron chi connectivity index (χ4n) is 1.63. The van der Waals surface area contributed by atoms with Crippen molar-refractivity contribution in [2.45, 2.75) is 32.6 Å². The monoisotopic (exact) mass is 332 g/mol. The Balaban J connectivity index is 2.91. The molecule has 21 heavy (non-hydrogen) atoms. The van der Waals surface area contributed by atoms with Crippen LogP contribution in [0.25, 0.3) is 0 Å². The molecule has 0 heterocycles. The lowest BCUT2D eigenvalue weighted by Crippen LogP contribution is -2.19. The zero-order valence-corrected chi connectivity index (χ0v) is 12.8. The van der Waals surface area contributed by atoms with Crippen LogP contribution in [0.2, 0.25) is 10.0 Å². The number of carbonyl (C=O) groups excluding carboxylic acids is 2. The second-order valence-corrected chi connectivity index (χ2v) is 5.16. The molecule has 0 saturated heterocycles. The van der Waals surface area contributed by atoms with Crippen LogP contribution < -0.4 is 4.74 Å². The third kappa shape index (κ3) is 5.02. The minimum Gasteiger partial charge on any atom is -0.473 e. The third-order valence-corrected chi connectivity index (χ3v) is 3.26. The summed E-state index contributed by atoms with van der Waals surface area (Å²) < 4.78 is 4.56. The highest BCUT2D eigenvalue weighted by molar-refractivity contribution is 6.38. The summed E-state index contributed by atoms with van der Waals surface area (Å²) in [7, 11) is 0. The van der Waals surface area contributed by atoms with Crippen molar-refractivity contribution < 1.29 is 24.2 Å². The van der Waals surface area contributed by atoms with Crippen LogP contribution in [0.1, 0.15) is 43.0 Å². The van der Waals surface area contributed by atoms with E-state index in [1.807, 2.05) is 6.92 Å². The van der Waals surface area contributed by atoms with Gasteiger partial charge in [0.2, 0.25) is 0 Å². The van der Waals surface area contributed by atoms with Gasteiger partial charge in [0, 0.05) is 12.0 Å². The second-order valence-electron chi connectivity index (χ2n) is 4.34. The van der Waals surface area contributed by atoms with E-state index in [1.165, 1.54) is 12.1 Å². The molecular formula is C14H14Cl2O5. The van der Waals surface area contributed by atoms with Crippen molar-refractivity contribution in [3.05, 3.63) is 27.7 Å². The highest BCUT2D eigenvalue weighted by Crippen LogP contribution is 2.34. The number of ether oxygens (including phenoxy) is 1. The standard InChI is InChI=1S/C14H14Cl2O5/c1-2-3-4-5-11(17)8-6-9(15)12(10(16)7-8)21-14(20)13(18)19/h6-7H,2-5H2,1H3,(H,18,19). The van der Waals surface area contributed by atoms with Crippen LogP contribution in [0.3, 0.4) is 0 Å². The van der Waals surface area contributed by atoms with Gasteiger partial charge in [-0.25, -0.2) is 9.59 Å². The molecule has 0 saturated carbocycles. The first-order valence-electron chi connectivity index (χ1n) is 6.34. The maximum atomic E-state index is 11.9. The lowest BCUT2D eigenvalue weighted by Gasteiger charge is -2.08. The van der Waals surface area contributed by atoms with Crippen LogP contribution in [0.15, 0.2) is 12.1 Å². The van der Waals surface area contributed by atoms with Gasteiger partial charge >= 0.3 is 11.9 Å². The van der Waals surface area contributed by atoms with E-state index in [0.29, 0.717) is 12.0 Å². The van der Waals surface area contributed by atoms with Crippen LogP contribution in [0.4, 0.5) is 0 Å². The number of carbonyl (C=O) groups is 3. The first-order chi connectivity index (χ1) is 9.86. The zero-order valence-electron chi connectivity index (χ0n) is 11.3. The van der Waals surface area contributed by atoms with Crippen LogP contribution in [-0.2, 0) is 9.59 Å². The molecule has 0 fully saturated rings. The molecule has 0 atom stereocenters. The van der Waals surface area contributed by atoms with Crippen molar-refractivity contribution in [2.75, 3.05) is 0 Å². The van der Waals surface area contributed by atoms with Gasteiger partial charge in [-0.3, -0.25) is 4.79 Å². The molecule has 0 aliphatic rings. The first-order valence-corrected chi connectivity index (χ1v) is 7.09. The summed E-state index contributed by atoms with van der Waals surface area (Å²) in [4.78, 5) is 33.4. The summed E-state index contributed by atoms with van der Waals surface area (Å²) in [6, 6.07) is 2.62. The summed E-state index contributed by atoms with van der Waals surface area (Å²) in [5, 5.41) is 8.30. The highest BCUT2D eigenvalue weighted by atomic mass is 35.5. The van der Waals surface area contributed by atoms with Gasteiger partial charge in [-0.2, -0.15) is 0 Å². The Bertz CT molecular complexity index is 545. The zero-order chi connectivity index (χ0) is 16.0. The lowest BCUT2D eigenvalue weighted by molar-refractivity contribution is -0.158. The molecule has 0 spiro atoms. The molecule has 1 aromatic carbocycles. The predicted molar refractivity (Wildman–Crippen MR) is 78.2 cm³/mol. The van der Waals surface area contributed by atoms with E-state index in [-0.39, 0.29) is 21.6 Å². The van der Waals surface area contributed by atoms with Gasteiger partial charge in [-0.1, -0.05) is 43.0 Å². The maximum Gasteiger partial charge on any atom is 0.422 e. The van der Waals surface area contributed by atoms with E-state index in [4.69, 9.17) is 28.3 Å². The summed E-state index contributed by atoms with van der Waals surface area (Å²) in [5.74, 6) is -3.65. The van der Waals surface area contributed by atoms with E-state index in [9.17, 15) is 14.4 Å². The van der Waals surface area contributed by atoms with Crippen LogP contribution in [-0.4, -0.2) is 22.8 Å². The Morgan fingerprint density at radius 3 is 2.19 bits per heavy atom. The van der Waals surface area contributed by atoms with E-state index < -0.39 is 11.9 Å². The number of unbranched alkanes of at least 4 members (excludes halogenated alkanes) is 2. The van der Waals surface area contributed by atoms with Crippen LogP contribution in [0.5, 0.6) is 5.75 Å². The topological polar surface area (TPSA) is 80.7 Å². The number of Topliss-reactive ketones (excluding diaryl/α,β-unsaturated/α-hetero) is 1. The molecule has 0 aliphatic heterocycles. The molecule has 1 N–H and O–H groups in total. The van der Waals surface area contributed by atoms with Crippen molar-refractivity contribution in [3.8, 4) is 5.75 Å². The van der Waals surface area contributed by atoms with Gasteiger partial charge in [0.25, 0.3) is 0 Å². The molecule has 0 unspecified atom stereocenters. The van der Waals surface area contributed by atoms with E-state index in [1.54, 1.807) is 0 Å². The van der Waals surface area contributed by atoms with Gasteiger partial charge in [0.1, 0.15) is 0 Å². The van der Waals surface area contributed by atoms with Crippen LogP contribution in [0, 0.1) is 0 Å². The van der Waals surface area contributed by atoms with Gasteiger partial charge in [0.15, 0.2) is 11.5 Å². The molecule has 0 bridgehead atoms. The van der Waals surface area contributed by atoms with Crippen molar-refractivity contribution in [3.63, 3.8) is 0 Å². The molecular weight excluding hydrogens is 319 g/mol. The SMILES string of the molecule is CCCCCC(=O)c1cc(Cl)c(OC(=O)C(=O)O)c(Cl)c1. The number of carboxylic acids is 1. The molecule has 1 rings (SSSR count). The Labute approximate surface area is 131 Å². The van der Waals surface area contributed by atoms with Crippen molar-refractivity contribution in [1.82, 2.24) is 0 Å². The number of rotatable bonds is 6. The smallest absolute Gasteiger partial charge is 0.422 e. The molecule has 0 aliphatic carbocycles. The van der Waals surface area contributed by atoms with E-state index >= 15 is 0 Å². The minimum atomic E-state index is -1.76. The third-order valence-electron chi connectivity index (χ3n) is 2.70. The molecule has 0 aromatic heterocycles.